The molecule has 0 aliphatic heterocycles. The number of rotatable bonds is 6. The van der Waals surface area contributed by atoms with Crippen molar-refractivity contribution in [3.63, 3.8) is 0 Å². The number of ether oxygens (including phenoxy) is 1. The van der Waals surface area contributed by atoms with E-state index in [1.54, 1.807) is 0 Å². The SMILES string of the molecule is CCC(C)(CO)C(=O)OC1CC(C(C)(O)C(F)(F)F)CC(C(O)(C(F)(F)F)C(F)(F)F)C1. The highest BCUT2D eigenvalue weighted by Crippen LogP contribution is 2.55. The normalized spacial score (nSPS) is 27.4. The monoisotopic (exact) mass is 492 g/mol. The molecule has 0 aromatic heterocycles. The second-order valence-corrected chi connectivity index (χ2v) is 8.61. The molecule has 5 unspecified atom stereocenters. The van der Waals surface area contributed by atoms with Gasteiger partial charge in [0.05, 0.1) is 12.0 Å². The van der Waals surface area contributed by atoms with E-state index in [-0.39, 0.29) is 13.3 Å². The van der Waals surface area contributed by atoms with Crippen LogP contribution in [0.4, 0.5) is 39.5 Å². The number of halogens is 9. The minimum Gasteiger partial charge on any atom is -0.462 e. The highest BCUT2D eigenvalue weighted by molar-refractivity contribution is 5.76. The quantitative estimate of drug-likeness (QED) is 0.387. The van der Waals surface area contributed by atoms with Crippen molar-refractivity contribution < 1.29 is 64.4 Å². The molecule has 0 bridgehead atoms. The van der Waals surface area contributed by atoms with Gasteiger partial charge < -0.3 is 20.1 Å². The van der Waals surface area contributed by atoms with Crippen molar-refractivity contribution in [1.82, 2.24) is 0 Å². The van der Waals surface area contributed by atoms with Gasteiger partial charge in [0, 0.05) is 11.8 Å². The molecular formula is C18H25F9O5. The van der Waals surface area contributed by atoms with Crippen LogP contribution in [0.2, 0.25) is 0 Å². The zero-order valence-electron chi connectivity index (χ0n) is 17.3. The standard InChI is InChI=1S/C18H25F9O5/c1-4-13(2,8-28)12(29)32-11-6-9(14(3,30)16(19,20)21)5-10(7-11)15(31,17(22,23)24)18(25,26)27/h9-11,28,30-31H,4-8H2,1-3H3. The Hall–Kier alpha value is -1.28. The maximum Gasteiger partial charge on any atom is 0.426 e. The number of hydrogen-bond donors (Lipinski definition) is 3. The lowest BCUT2D eigenvalue weighted by atomic mass is 9.66. The summed E-state index contributed by atoms with van der Waals surface area (Å²) in [4.78, 5) is 12.3. The highest BCUT2D eigenvalue weighted by Gasteiger charge is 2.75. The number of aliphatic hydroxyl groups is 3. The Bertz CT molecular complexity index is 651. The Morgan fingerprint density at radius 2 is 1.28 bits per heavy atom. The van der Waals surface area contributed by atoms with Gasteiger partial charge >= 0.3 is 24.5 Å². The van der Waals surface area contributed by atoms with Gasteiger partial charge in [0.1, 0.15) is 6.10 Å². The topological polar surface area (TPSA) is 87.0 Å². The summed E-state index contributed by atoms with van der Waals surface area (Å²) in [5.41, 5.74) is -10.8. The van der Waals surface area contributed by atoms with Crippen molar-refractivity contribution in [2.45, 2.75) is 82.3 Å². The van der Waals surface area contributed by atoms with Crippen molar-refractivity contribution >= 4 is 5.97 Å². The van der Waals surface area contributed by atoms with E-state index in [2.05, 4.69) is 0 Å². The molecule has 0 saturated heterocycles. The van der Waals surface area contributed by atoms with Crippen LogP contribution in [0.5, 0.6) is 0 Å². The average molecular weight is 492 g/mol. The van der Waals surface area contributed by atoms with Crippen molar-refractivity contribution in [3.05, 3.63) is 0 Å². The molecule has 190 valence electrons. The Morgan fingerprint density at radius 1 is 0.844 bits per heavy atom. The van der Waals surface area contributed by atoms with Gasteiger partial charge in [-0.15, -0.1) is 0 Å². The maximum absolute atomic E-state index is 13.3. The molecule has 0 spiro atoms. The summed E-state index contributed by atoms with van der Waals surface area (Å²) >= 11 is 0. The summed E-state index contributed by atoms with van der Waals surface area (Å²) in [5.74, 6) is -6.42. The predicted molar refractivity (Wildman–Crippen MR) is 89.9 cm³/mol. The molecule has 3 N–H and O–H groups in total. The first-order valence-corrected chi connectivity index (χ1v) is 9.55. The lowest BCUT2D eigenvalue weighted by Gasteiger charge is -2.47. The second-order valence-electron chi connectivity index (χ2n) is 8.61. The minimum absolute atomic E-state index is 0.0583. The highest BCUT2D eigenvalue weighted by atomic mass is 19.4. The summed E-state index contributed by atoms with van der Waals surface area (Å²) in [6, 6.07) is 0. The van der Waals surface area contributed by atoms with Crippen LogP contribution in [0.3, 0.4) is 0 Å². The molecule has 1 saturated carbocycles. The number of aliphatic hydroxyl groups excluding tert-OH is 1. The van der Waals surface area contributed by atoms with Crippen LogP contribution in [0, 0.1) is 17.3 Å². The third kappa shape index (κ3) is 5.11. The van der Waals surface area contributed by atoms with E-state index in [9.17, 15) is 59.6 Å². The molecule has 1 aliphatic carbocycles. The fourth-order valence-electron chi connectivity index (χ4n) is 3.63. The molecule has 0 radical (unpaired) electrons. The lowest BCUT2D eigenvalue weighted by molar-refractivity contribution is -0.391. The average Bonchev–Trinajstić information content (AvgIpc) is 2.63. The van der Waals surface area contributed by atoms with Crippen LogP contribution in [-0.2, 0) is 9.53 Å². The third-order valence-corrected chi connectivity index (χ3v) is 6.38. The van der Waals surface area contributed by atoms with Crippen LogP contribution >= 0.6 is 0 Å². The molecule has 0 heterocycles. The Balaban J connectivity index is 3.48. The van der Waals surface area contributed by atoms with E-state index >= 15 is 0 Å². The molecule has 0 amide bonds. The van der Waals surface area contributed by atoms with Gasteiger partial charge in [-0.05, 0) is 39.5 Å². The number of carbonyl (C=O) groups is 1. The zero-order valence-corrected chi connectivity index (χ0v) is 17.3. The zero-order chi connectivity index (χ0) is 25.6. The molecule has 14 heteroatoms. The number of esters is 1. The van der Waals surface area contributed by atoms with E-state index in [1.165, 1.54) is 13.8 Å². The Morgan fingerprint density at radius 3 is 1.62 bits per heavy atom. The van der Waals surface area contributed by atoms with Gasteiger partial charge in [-0.25, -0.2) is 0 Å². The number of carbonyl (C=O) groups excluding carboxylic acids is 1. The molecule has 5 nitrogen and oxygen atoms in total. The van der Waals surface area contributed by atoms with E-state index in [1.807, 2.05) is 0 Å². The smallest absolute Gasteiger partial charge is 0.426 e. The van der Waals surface area contributed by atoms with Crippen molar-refractivity contribution in [3.8, 4) is 0 Å². The molecule has 0 aromatic rings. The summed E-state index contributed by atoms with van der Waals surface area (Å²) in [7, 11) is 0. The van der Waals surface area contributed by atoms with Crippen LogP contribution < -0.4 is 0 Å². The van der Waals surface area contributed by atoms with Gasteiger partial charge in [0.25, 0.3) is 5.60 Å². The molecule has 0 aromatic carbocycles. The van der Waals surface area contributed by atoms with Crippen LogP contribution in [0.25, 0.3) is 0 Å². The number of hydrogen-bond acceptors (Lipinski definition) is 5. The molecule has 1 fully saturated rings. The van der Waals surface area contributed by atoms with Gasteiger partial charge in [-0.1, -0.05) is 6.92 Å². The van der Waals surface area contributed by atoms with E-state index in [0.717, 1.165) is 0 Å². The first-order chi connectivity index (χ1) is 14.1. The fourth-order valence-corrected chi connectivity index (χ4v) is 3.63. The first-order valence-electron chi connectivity index (χ1n) is 9.55. The fraction of sp³-hybridized carbons (Fsp3) is 0.944. The van der Waals surface area contributed by atoms with E-state index in [0.29, 0.717) is 0 Å². The summed E-state index contributed by atoms with van der Waals surface area (Å²) < 4.78 is 125. The van der Waals surface area contributed by atoms with Gasteiger partial charge in [0.2, 0.25) is 0 Å². The number of alkyl halides is 9. The molecule has 1 rings (SSSR count). The molecule has 5 atom stereocenters. The summed E-state index contributed by atoms with van der Waals surface area (Å²) in [6.07, 6.45) is -23.7. The van der Waals surface area contributed by atoms with Crippen LogP contribution in [-0.4, -0.2) is 63.7 Å². The largest absolute Gasteiger partial charge is 0.462 e. The van der Waals surface area contributed by atoms with Crippen molar-refractivity contribution in [2.75, 3.05) is 6.61 Å². The molecule has 1 aliphatic rings. The van der Waals surface area contributed by atoms with E-state index < -0.39 is 84.9 Å². The van der Waals surface area contributed by atoms with Gasteiger partial charge in [0.15, 0.2) is 5.60 Å². The Kier molecular flexibility index (Phi) is 7.92. The molecular weight excluding hydrogens is 467 g/mol. The molecule has 32 heavy (non-hydrogen) atoms. The van der Waals surface area contributed by atoms with Gasteiger partial charge in [-0.3, -0.25) is 4.79 Å². The van der Waals surface area contributed by atoms with E-state index in [4.69, 9.17) is 4.74 Å². The minimum atomic E-state index is -6.32. The van der Waals surface area contributed by atoms with Crippen molar-refractivity contribution in [1.29, 1.82) is 0 Å². The summed E-state index contributed by atoms with van der Waals surface area (Å²) in [6.45, 7) is 1.98. The summed E-state index contributed by atoms with van der Waals surface area (Å²) in [5, 5.41) is 29.0. The van der Waals surface area contributed by atoms with Crippen molar-refractivity contribution in [2.24, 2.45) is 17.3 Å². The first kappa shape index (κ1) is 28.8. The Labute approximate surface area is 177 Å². The van der Waals surface area contributed by atoms with Gasteiger partial charge in [-0.2, -0.15) is 39.5 Å². The third-order valence-electron chi connectivity index (χ3n) is 6.38. The second kappa shape index (κ2) is 8.82. The predicted octanol–water partition coefficient (Wildman–Crippen LogP) is 3.89. The lowest BCUT2D eigenvalue weighted by Crippen LogP contribution is -2.64. The maximum atomic E-state index is 13.3. The van der Waals surface area contributed by atoms with Crippen LogP contribution in [0.1, 0.15) is 46.5 Å². The van der Waals surface area contributed by atoms with Crippen LogP contribution in [0.15, 0.2) is 0 Å².